The van der Waals surface area contributed by atoms with Gasteiger partial charge >= 0.3 is 12.0 Å². The number of unbranched alkanes of at least 4 members (excludes halogenated alkanes) is 2. The lowest BCUT2D eigenvalue weighted by molar-refractivity contribution is -0.140. The van der Waals surface area contributed by atoms with Crippen LogP contribution in [0.15, 0.2) is 35.5 Å². The van der Waals surface area contributed by atoms with Crippen molar-refractivity contribution in [3.63, 3.8) is 0 Å². The average molecular weight is 444 g/mol. The van der Waals surface area contributed by atoms with Gasteiger partial charge in [0.05, 0.1) is 18.2 Å². The topological polar surface area (TPSA) is 87.7 Å². The molecule has 2 N–H and O–H groups in total. The second-order valence-corrected chi connectivity index (χ2v) is 8.66. The van der Waals surface area contributed by atoms with E-state index in [0.717, 1.165) is 31.2 Å². The van der Waals surface area contributed by atoms with Gasteiger partial charge in [0, 0.05) is 24.4 Å². The third-order valence-corrected chi connectivity index (χ3v) is 5.32. The smallest absolute Gasteiger partial charge is 0.338 e. The zero-order chi connectivity index (χ0) is 23.7. The summed E-state index contributed by atoms with van der Waals surface area (Å²) in [5, 5.41) is 5.88. The van der Waals surface area contributed by atoms with Crippen LogP contribution in [0, 0.1) is 5.92 Å². The van der Waals surface area contributed by atoms with Crippen molar-refractivity contribution in [2.45, 2.75) is 72.8 Å². The largest absolute Gasteiger partial charge is 0.462 e. The zero-order valence-electron chi connectivity index (χ0n) is 20.0. The standard InChI is InChI=1S/C25H37N3O4/c1-6-8-9-13-21(29)26-20-12-10-11-19(15-20)23-22(24(30)32-16-17(3)4)18(5)28(14-7-2)25(31)27-23/h10-12,15,17,23H,6-9,13-14,16H2,1-5H3,(H,26,29)(H,27,31). The number of esters is 1. The first-order valence-electron chi connectivity index (χ1n) is 11.6. The van der Waals surface area contributed by atoms with E-state index >= 15 is 0 Å². The molecule has 1 heterocycles. The summed E-state index contributed by atoms with van der Waals surface area (Å²) in [5.41, 5.74) is 2.38. The van der Waals surface area contributed by atoms with E-state index in [0.29, 0.717) is 36.5 Å². The fourth-order valence-corrected chi connectivity index (χ4v) is 3.66. The van der Waals surface area contributed by atoms with Crippen LogP contribution in [0.1, 0.15) is 78.3 Å². The van der Waals surface area contributed by atoms with Crippen molar-refractivity contribution in [1.82, 2.24) is 10.2 Å². The number of carbonyl (C=O) groups is 3. The summed E-state index contributed by atoms with van der Waals surface area (Å²) in [5.74, 6) is -0.272. The first kappa shape index (κ1) is 25.4. The minimum atomic E-state index is -0.646. The summed E-state index contributed by atoms with van der Waals surface area (Å²) in [7, 11) is 0. The molecular formula is C25H37N3O4. The van der Waals surface area contributed by atoms with Gasteiger partial charge in [-0.15, -0.1) is 0 Å². The monoisotopic (exact) mass is 443 g/mol. The fourth-order valence-electron chi connectivity index (χ4n) is 3.66. The van der Waals surface area contributed by atoms with Crippen molar-refractivity contribution in [3.8, 4) is 0 Å². The van der Waals surface area contributed by atoms with Gasteiger partial charge in [-0.2, -0.15) is 0 Å². The highest BCUT2D eigenvalue weighted by Gasteiger charge is 2.36. The van der Waals surface area contributed by atoms with Crippen LogP contribution in [0.25, 0.3) is 0 Å². The second kappa shape index (κ2) is 12.3. The Hall–Kier alpha value is -2.83. The van der Waals surface area contributed by atoms with Crippen molar-refractivity contribution < 1.29 is 19.1 Å². The zero-order valence-corrected chi connectivity index (χ0v) is 20.0. The Balaban J connectivity index is 2.33. The number of nitrogens with one attached hydrogen (secondary N) is 2. The van der Waals surface area contributed by atoms with E-state index in [1.54, 1.807) is 17.9 Å². The Labute approximate surface area is 191 Å². The van der Waals surface area contributed by atoms with Gasteiger partial charge in [-0.05, 0) is 43.4 Å². The van der Waals surface area contributed by atoms with Crippen LogP contribution in [-0.2, 0) is 14.3 Å². The molecule has 1 aromatic carbocycles. The van der Waals surface area contributed by atoms with E-state index in [2.05, 4.69) is 17.6 Å². The highest BCUT2D eigenvalue weighted by atomic mass is 16.5. The van der Waals surface area contributed by atoms with Gasteiger partial charge < -0.3 is 15.4 Å². The first-order chi connectivity index (χ1) is 15.3. The summed E-state index contributed by atoms with van der Waals surface area (Å²) in [4.78, 5) is 39.6. The highest BCUT2D eigenvalue weighted by Crippen LogP contribution is 2.32. The van der Waals surface area contributed by atoms with E-state index in [-0.39, 0.29) is 17.9 Å². The van der Waals surface area contributed by atoms with Gasteiger partial charge in [0.1, 0.15) is 0 Å². The number of hydrogen-bond donors (Lipinski definition) is 2. The number of nitrogens with zero attached hydrogens (tertiary/aromatic N) is 1. The van der Waals surface area contributed by atoms with Crippen LogP contribution < -0.4 is 10.6 Å². The third-order valence-electron chi connectivity index (χ3n) is 5.32. The normalized spacial score (nSPS) is 16.2. The molecule has 32 heavy (non-hydrogen) atoms. The molecule has 1 aliphatic heterocycles. The molecule has 176 valence electrons. The van der Waals surface area contributed by atoms with Crippen molar-refractivity contribution >= 4 is 23.6 Å². The Morgan fingerprint density at radius 1 is 1.19 bits per heavy atom. The number of hydrogen-bond acceptors (Lipinski definition) is 4. The maximum atomic E-state index is 13.0. The Morgan fingerprint density at radius 2 is 1.94 bits per heavy atom. The molecule has 2 rings (SSSR count). The van der Waals surface area contributed by atoms with Gasteiger partial charge in [-0.25, -0.2) is 9.59 Å². The number of amides is 3. The summed E-state index contributed by atoms with van der Waals surface area (Å²) >= 11 is 0. The van der Waals surface area contributed by atoms with Gasteiger partial charge in [0.25, 0.3) is 0 Å². The van der Waals surface area contributed by atoms with Crippen molar-refractivity contribution in [2.24, 2.45) is 5.92 Å². The number of ether oxygens (including phenoxy) is 1. The lowest BCUT2D eigenvalue weighted by Gasteiger charge is -2.35. The fraction of sp³-hybridized carbons (Fsp3) is 0.560. The maximum Gasteiger partial charge on any atom is 0.338 e. The summed E-state index contributed by atoms with van der Waals surface area (Å²) < 4.78 is 5.53. The number of carbonyl (C=O) groups excluding carboxylic acids is 3. The number of allylic oxidation sites excluding steroid dienone is 1. The lowest BCUT2D eigenvalue weighted by atomic mass is 9.94. The molecule has 7 heteroatoms. The summed E-state index contributed by atoms with van der Waals surface area (Å²) in [6.45, 7) is 10.6. The molecule has 1 atom stereocenters. The number of urea groups is 1. The molecule has 1 unspecified atom stereocenters. The Bertz CT molecular complexity index is 847. The molecule has 0 radical (unpaired) electrons. The summed E-state index contributed by atoms with van der Waals surface area (Å²) in [6.07, 6.45) is 4.16. The van der Waals surface area contributed by atoms with Crippen molar-refractivity contribution in [2.75, 3.05) is 18.5 Å². The molecule has 1 aromatic rings. The first-order valence-corrected chi connectivity index (χ1v) is 11.6. The van der Waals surface area contributed by atoms with Gasteiger partial charge in [-0.1, -0.05) is 52.7 Å². The molecule has 3 amide bonds. The minimum absolute atomic E-state index is 0.0410. The molecule has 0 saturated heterocycles. The number of rotatable bonds is 11. The predicted molar refractivity (Wildman–Crippen MR) is 126 cm³/mol. The average Bonchev–Trinajstić information content (AvgIpc) is 2.75. The molecule has 0 fully saturated rings. The van der Waals surface area contributed by atoms with Crippen molar-refractivity contribution in [3.05, 3.63) is 41.1 Å². The number of benzene rings is 1. The molecule has 0 saturated carbocycles. The van der Waals surface area contributed by atoms with Crippen LogP contribution >= 0.6 is 0 Å². The lowest BCUT2D eigenvalue weighted by Crippen LogP contribution is -2.48. The molecule has 0 spiro atoms. The van der Waals surface area contributed by atoms with Crippen LogP contribution in [0.2, 0.25) is 0 Å². The highest BCUT2D eigenvalue weighted by molar-refractivity contribution is 5.95. The maximum absolute atomic E-state index is 13.0. The van der Waals surface area contributed by atoms with Gasteiger partial charge in [-0.3, -0.25) is 9.69 Å². The van der Waals surface area contributed by atoms with Crippen LogP contribution in [-0.4, -0.2) is 36.0 Å². The molecule has 0 aliphatic carbocycles. The SMILES string of the molecule is CCCCCC(=O)Nc1cccc(C2NC(=O)N(CCC)C(C)=C2C(=O)OCC(C)C)c1. The Kier molecular flexibility index (Phi) is 9.75. The van der Waals surface area contributed by atoms with E-state index in [9.17, 15) is 14.4 Å². The van der Waals surface area contributed by atoms with E-state index < -0.39 is 12.0 Å². The quantitative estimate of drug-likeness (QED) is 0.365. The van der Waals surface area contributed by atoms with E-state index in [1.807, 2.05) is 39.0 Å². The summed E-state index contributed by atoms with van der Waals surface area (Å²) in [6, 6.07) is 6.38. The second-order valence-electron chi connectivity index (χ2n) is 8.66. The molecular weight excluding hydrogens is 406 g/mol. The predicted octanol–water partition coefficient (Wildman–Crippen LogP) is 5.15. The Morgan fingerprint density at radius 3 is 2.59 bits per heavy atom. The number of anilines is 1. The molecule has 0 aromatic heterocycles. The van der Waals surface area contributed by atoms with Crippen molar-refractivity contribution in [1.29, 1.82) is 0 Å². The van der Waals surface area contributed by atoms with Crippen LogP contribution in [0.4, 0.5) is 10.5 Å². The van der Waals surface area contributed by atoms with Gasteiger partial charge in [0.15, 0.2) is 0 Å². The third kappa shape index (κ3) is 6.84. The minimum Gasteiger partial charge on any atom is -0.462 e. The van der Waals surface area contributed by atoms with Crippen LogP contribution in [0.3, 0.4) is 0 Å². The van der Waals surface area contributed by atoms with Gasteiger partial charge in [0.2, 0.25) is 5.91 Å². The van der Waals surface area contributed by atoms with E-state index in [4.69, 9.17) is 4.74 Å². The van der Waals surface area contributed by atoms with E-state index in [1.165, 1.54) is 0 Å². The van der Waals surface area contributed by atoms with Crippen LogP contribution in [0.5, 0.6) is 0 Å². The molecule has 0 bridgehead atoms. The molecule has 1 aliphatic rings. The molecule has 7 nitrogen and oxygen atoms in total.